The van der Waals surface area contributed by atoms with E-state index >= 15 is 0 Å². The van der Waals surface area contributed by atoms with Crippen molar-refractivity contribution in [2.75, 3.05) is 39.9 Å². The highest BCUT2D eigenvalue weighted by Gasteiger charge is 2.41. The normalized spacial score (nSPS) is 19.3. The second kappa shape index (κ2) is 16.0. The van der Waals surface area contributed by atoms with Crippen molar-refractivity contribution in [3.8, 4) is 11.5 Å². The van der Waals surface area contributed by atoms with Gasteiger partial charge >= 0.3 is 0 Å². The second-order valence-electron chi connectivity index (χ2n) is 14.9. The minimum Gasteiger partial charge on any atom is -0.496 e. The maximum absolute atomic E-state index is 7.12. The molecule has 0 radical (unpaired) electrons. The molecule has 3 aromatic rings. The van der Waals surface area contributed by atoms with E-state index in [0.29, 0.717) is 5.92 Å². The van der Waals surface area contributed by atoms with Gasteiger partial charge < -0.3 is 19.2 Å². The van der Waals surface area contributed by atoms with Crippen LogP contribution in [0.1, 0.15) is 92.7 Å². The first-order valence-electron chi connectivity index (χ1n) is 17.7. The Bertz CT molecular complexity index is 1380. The highest BCUT2D eigenvalue weighted by molar-refractivity contribution is 6.74. The highest BCUT2D eigenvalue weighted by atomic mass is 28.4. The zero-order chi connectivity index (χ0) is 32.6. The van der Waals surface area contributed by atoms with Gasteiger partial charge in [0.25, 0.3) is 0 Å². The van der Waals surface area contributed by atoms with Gasteiger partial charge in [-0.05, 0) is 116 Å². The van der Waals surface area contributed by atoms with E-state index in [0.717, 1.165) is 57.0 Å². The Kier molecular flexibility index (Phi) is 12.0. The fourth-order valence-corrected chi connectivity index (χ4v) is 8.18. The van der Waals surface area contributed by atoms with Crippen molar-refractivity contribution in [1.82, 2.24) is 10.2 Å². The lowest BCUT2D eigenvalue weighted by molar-refractivity contribution is 0.154. The monoisotopic (exact) mass is 642 g/mol. The Balaban J connectivity index is 1.19. The van der Waals surface area contributed by atoms with Crippen molar-refractivity contribution in [2.24, 2.45) is 0 Å². The van der Waals surface area contributed by atoms with Crippen molar-refractivity contribution in [3.05, 3.63) is 94.5 Å². The molecular formula is C40H58N2O3Si. The van der Waals surface area contributed by atoms with Crippen molar-refractivity contribution in [2.45, 2.75) is 102 Å². The number of nitrogens with zero attached hydrogens (tertiary/aromatic N) is 1. The summed E-state index contributed by atoms with van der Waals surface area (Å²) in [5, 5.41) is 3.86. The van der Waals surface area contributed by atoms with Crippen LogP contribution in [0.15, 0.2) is 66.7 Å². The molecular weight excluding hydrogens is 585 g/mol. The predicted octanol–water partition coefficient (Wildman–Crippen LogP) is 9.08. The minimum atomic E-state index is -1.96. The Labute approximate surface area is 280 Å². The number of nitrogens with one attached hydrogen (secondary N) is 1. The van der Waals surface area contributed by atoms with Crippen LogP contribution in [0.4, 0.5) is 0 Å². The first-order valence-corrected chi connectivity index (χ1v) is 20.6. The van der Waals surface area contributed by atoms with Gasteiger partial charge in [0, 0.05) is 18.7 Å². The van der Waals surface area contributed by atoms with Crippen LogP contribution in [-0.2, 0) is 23.8 Å². The quantitative estimate of drug-likeness (QED) is 0.149. The Morgan fingerprint density at radius 3 is 2.35 bits per heavy atom. The number of hydrogen-bond acceptors (Lipinski definition) is 5. The average molecular weight is 643 g/mol. The summed E-state index contributed by atoms with van der Waals surface area (Å²) in [5.41, 5.74) is 6.78. The molecule has 2 atom stereocenters. The molecule has 5 nitrogen and oxygen atoms in total. The lowest BCUT2D eigenvalue weighted by Gasteiger charge is -2.42. The number of ether oxygens (including phenoxy) is 2. The summed E-state index contributed by atoms with van der Waals surface area (Å²) in [6, 6.07) is 24.1. The Hall–Kier alpha value is -2.64. The van der Waals surface area contributed by atoms with Gasteiger partial charge in [0.05, 0.1) is 13.2 Å². The van der Waals surface area contributed by atoms with Crippen LogP contribution in [0.2, 0.25) is 18.1 Å². The Morgan fingerprint density at radius 1 is 0.891 bits per heavy atom. The molecule has 1 fully saturated rings. The number of likely N-dealkylation sites (tertiary alicyclic amines) is 1. The maximum Gasteiger partial charge on any atom is 0.192 e. The molecule has 3 aromatic carbocycles. The van der Waals surface area contributed by atoms with Crippen molar-refractivity contribution in [1.29, 1.82) is 0 Å². The molecule has 0 spiro atoms. The molecule has 1 saturated heterocycles. The van der Waals surface area contributed by atoms with E-state index in [-0.39, 0.29) is 11.1 Å². The molecule has 6 heteroatoms. The molecule has 46 heavy (non-hydrogen) atoms. The van der Waals surface area contributed by atoms with Crippen LogP contribution in [0.3, 0.4) is 0 Å². The van der Waals surface area contributed by atoms with Gasteiger partial charge in [-0.25, -0.2) is 0 Å². The Morgan fingerprint density at radius 2 is 1.63 bits per heavy atom. The third kappa shape index (κ3) is 9.03. The van der Waals surface area contributed by atoms with Crippen molar-refractivity contribution in [3.63, 3.8) is 0 Å². The van der Waals surface area contributed by atoms with Crippen molar-refractivity contribution >= 4 is 8.32 Å². The lowest BCUT2D eigenvalue weighted by Crippen LogP contribution is -2.42. The predicted molar refractivity (Wildman–Crippen MR) is 194 cm³/mol. The molecule has 5 rings (SSSR count). The van der Waals surface area contributed by atoms with Gasteiger partial charge in [-0.15, -0.1) is 0 Å². The van der Waals surface area contributed by atoms with Gasteiger partial charge in [-0.3, -0.25) is 4.90 Å². The molecule has 0 amide bonds. The molecule has 2 aliphatic rings. The summed E-state index contributed by atoms with van der Waals surface area (Å²) >= 11 is 0. The molecule has 1 heterocycles. The first-order chi connectivity index (χ1) is 22.1. The maximum atomic E-state index is 7.12. The van der Waals surface area contributed by atoms with E-state index in [1.807, 2.05) is 7.11 Å². The second-order valence-corrected chi connectivity index (χ2v) is 19.7. The summed E-state index contributed by atoms with van der Waals surface area (Å²) < 4.78 is 19.2. The zero-order valence-electron chi connectivity index (χ0n) is 29.4. The van der Waals surface area contributed by atoms with E-state index in [1.165, 1.54) is 66.6 Å². The summed E-state index contributed by atoms with van der Waals surface area (Å²) in [4.78, 5) is 2.55. The lowest BCUT2D eigenvalue weighted by atomic mass is 9.76. The fourth-order valence-electron chi connectivity index (χ4n) is 6.89. The molecule has 1 N–H and O–H groups in total. The molecule has 0 bridgehead atoms. The zero-order valence-corrected chi connectivity index (χ0v) is 30.4. The molecule has 250 valence electrons. The molecule has 1 aliphatic carbocycles. The number of hydrogen-bond donors (Lipinski definition) is 1. The molecule has 2 unspecified atom stereocenters. The number of benzene rings is 3. The van der Waals surface area contributed by atoms with E-state index in [2.05, 4.69) is 111 Å². The van der Waals surface area contributed by atoms with Crippen LogP contribution in [0, 0.1) is 0 Å². The van der Waals surface area contributed by atoms with Gasteiger partial charge in [0.1, 0.15) is 18.1 Å². The number of rotatable bonds is 13. The van der Waals surface area contributed by atoms with Crippen LogP contribution >= 0.6 is 0 Å². The smallest absolute Gasteiger partial charge is 0.192 e. The van der Waals surface area contributed by atoms with Crippen LogP contribution < -0.4 is 14.8 Å². The fraction of sp³-hybridized carbons (Fsp3) is 0.550. The first kappa shape index (κ1) is 34.7. The number of methoxy groups -OCH3 is 1. The van der Waals surface area contributed by atoms with E-state index in [4.69, 9.17) is 13.9 Å². The van der Waals surface area contributed by atoms with Gasteiger partial charge in [-0.1, -0.05) is 82.1 Å². The standard InChI is InChI=1S/C40H58N2O3Si/c1-40(2,3)46(5,6)45-38-29-34(28-33-14-9-10-16-36(33)38)39-32(15-13-17-37(39)43-4)22-23-41-30-31-18-20-35(21-19-31)44-27-26-42-24-11-7-8-12-25-42/h9-10,13-21,34,38,41H,7-8,11-12,22-30H2,1-6H3. The summed E-state index contributed by atoms with van der Waals surface area (Å²) in [5.74, 6) is 2.31. The van der Waals surface area contributed by atoms with Crippen LogP contribution in [0.5, 0.6) is 11.5 Å². The molecule has 0 aromatic heterocycles. The summed E-state index contributed by atoms with van der Waals surface area (Å²) in [7, 11) is -0.147. The van der Waals surface area contributed by atoms with Crippen LogP contribution in [0.25, 0.3) is 0 Å². The van der Waals surface area contributed by atoms with Gasteiger partial charge in [0.2, 0.25) is 0 Å². The third-order valence-corrected chi connectivity index (χ3v) is 15.1. The SMILES string of the molecule is COc1cccc(CCNCc2ccc(OCCN3CCCCCC3)cc2)c1C1Cc2ccccc2C(O[Si](C)(C)C(C)(C)C)C1. The summed E-state index contributed by atoms with van der Waals surface area (Å²) in [6.45, 7) is 17.7. The van der Waals surface area contributed by atoms with Crippen molar-refractivity contribution < 1.29 is 13.9 Å². The average Bonchev–Trinajstić information content (AvgIpc) is 3.32. The molecule has 0 saturated carbocycles. The third-order valence-electron chi connectivity index (χ3n) is 10.6. The summed E-state index contributed by atoms with van der Waals surface area (Å²) in [6.07, 6.45) is 8.44. The van der Waals surface area contributed by atoms with Crippen LogP contribution in [-0.4, -0.2) is 53.1 Å². The van der Waals surface area contributed by atoms with E-state index in [1.54, 1.807) is 0 Å². The largest absolute Gasteiger partial charge is 0.496 e. The van der Waals surface area contributed by atoms with E-state index in [9.17, 15) is 0 Å². The number of fused-ring (bicyclic) bond motifs is 1. The van der Waals surface area contributed by atoms with Gasteiger partial charge in [-0.2, -0.15) is 0 Å². The highest BCUT2D eigenvalue weighted by Crippen LogP contribution is 2.48. The minimum absolute atomic E-state index is 0.105. The topological polar surface area (TPSA) is 43.0 Å². The molecule has 1 aliphatic heterocycles. The van der Waals surface area contributed by atoms with E-state index < -0.39 is 8.32 Å². The van der Waals surface area contributed by atoms with Gasteiger partial charge in [0.15, 0.2) is 8.32 Å².